The van der Waals surface area contributed by atoms with E-state index in [9.17, 15) is 4.79 Å². The Balaban J connectivity index is 2.35. The lowest BCUT2D eigenvalue weighted by atomic mass is 10.2. The van der Waals surface area contributed by atoms with E-state index in [1.165, 1.54) is 0 Å². The molecule has 3 nitrogen and oxygen atoms in total. The maximum absolute atomic E-state index is 10.5. The SMILES string of the molecule is O=[C]NN(c1ccccc1)c1ccccc1. The van der Waals surface area contributed by atoms with Gasteiger partial charge in [-0.15, -0.1) is 0 Å². The van der Waals surface area contributed by atoms with Gasteiger partial charge in [-0.1, -0.05) is 36.4 Å². The Labute approximate surface area is 94.3 Å². The van der Waals surface area contributed by atoms with Gasteiger partial charge in [-0.3, -0.25) is 15.2 Å². The van der Waals surface area contributed by atoms with Crippen molar-refractivity contribution in [2.45, 2.75) is 0 Å². The molecule has 0 atom stereocenters. The van der Waals surface area contributed by atoms with Gasteiger partial charge < -0.3 is 0 Å². The molecular weight excluding hydrogens is 200 g/mol. The third-order valence-corrected chi connectivity index (χ3v) is 2.19. The zero-order valence-electron chi connectivity index (χ0n) is 8.63. The van der Waals surface area contributed by atoms with Crippen LogP contribution in [0.4, 0.5) is 11.4 Å². The number of hydrogen-bond donors (Lipinski definition) is 1. The van der Waals surface area contributed by atoms with Crippen molar-refractivity contribution in [2.24, 2.45) is 0 Å². The third kappa shape index (κ3) is 2.20. The molecule has 2 aromatic rings. The van der Waals surface area contributed by atoms with E-state index in [0.29, 0.717) is 0 Å². The van der Waals surface area contributed by atoms with Crippen LogP contribution < -0.4 is 10.4 Å². The molecule has 16 heavy (non-hydrogen) atoms. The summed E-state index contributed by atoms with van der Waals surface area (Å²) in [5.74, 6) is 0. The maximum atomic E-state index is 10.5. The smallest absolute Gasteiger partial charge is 0.262 e. The second kappa shape index (κ2) is 4.98. The van der Waals surface area contributed by atoms with Gasteiger partial charge in [0.1, 0.15) is 0 Å². The van der Waals surface area contributed by atoms with E-state index in [2.05, 4.69) is 5.43 Å². The molecule has 0 aliphatic heterocycles. The van der Waals surface area contributed by atoms with Crippen LogP contribution in [0.5, 0.6) is 0 Å². The van der Waals surface area contributed by atoms with Crippen molar-refractivity contribution in [3.05, 3.63) is 60.7 Å². The molecule has 2 aromatic carbocycles. The van der Waals surface area contributed by atoms with E-state index >= 15 is 0 Å². The minimum atomic E-state index is 0.886. The number of rotatable bonds is 4. The number of hydrazine groups is 1. The van der Waals surface area contributed by atoms with Gasteiger partial charge >= 0.3 is 6.41 Å². The lowest BCUT2D eigenvalue weighted by Gasteiger charge is -2.22. The van der Waals surface area contributed by atoms with E-state index in [-0.39, 0.29) is 0 Å². The molecule has 79 valence electrons. The summed E-state index contributed by atoms with van der Waals surface area (Å²) >= 11 is 0. The summed E-state index contributed by atoms with van der Waals surface area (Å²) in [7, 11) is 0. The minimum Gasteiger partial charge on any atom is -0.262 e. The molecule has 0 spiro atoms. The number of anilines is 2. The van der Waals surface area contributed by atoms with Crippen molar-refractivity contribution in [3.8, 4) is 0 Å². The highest BCUT2D eigenvalue weighted by atomic mass is 16.1. The Morgan fingerprint density at radius 2 is 1.25 bits per heavy atom. The van der Waals surface area contributed by atoms with E-state index in [1.54, 1.807) is 11.4 Å². The fourth-order valence-electron chi connectivity index (χ4n) is 1.48. The van der Waals surface area contributed by atoms with Crippen LogP contribution >= 0.6 is 0 Å². The Kier molecular flexibility index (Phi) is 3.18. The third-order valence-electron chi connectivity index (χ3n) is 2.19. The predicted octanol–water partition coefficient (Wildman–Crippen LogP) is 2.40. The maximum Gasteiger partial charge on any atom is 0.329 e. The molecule has 0 aliphatic rings. The molecule has 1 N–H and O–H groups in total. The Morgan fingerprint density at radius 1 is 0.812 bits per heavy atom. The summed E-state index contributed by atoms with van der Waals surface area (Å²) in [6.45, 7) is 0. The molecule has 0 heterocycles. The number of benzene rings is 2. The van der Waals surface area contributed by atoms with Crippen LogP contribution in [0.1, 0.15) is 0 Å². The Bertz CT molecular complexity index is 403. The molecule has 1 radical (unpaired) electrons. The van der Waals surface area contributed by atoms with Crippen molar-refractivity contribution in [3.63, 3.8) is 0 Å². The standard InChI is InChI=1S/C13H11N2O/c16-11-14-15(12-7-3-1-4-8-12)13-9-5-2-6-10-13/h1-10H,(H,14,16). The molecule has 0 fully saturated rings. The van der Waals surface area contributed by atoms with Crippen molar-refractivity contribution in [1.29, 1.82) is 0 Å². The van der Waals surface area contributed by atoms with Crippen LogP contribution in [0.2, 0.25) is 0 Å². The van der Waals surface area contributed by atoms with Crippen LogP contribution in [0.3, 0.4) is 0 Å². The molecule has 3 heteroatoms. The summed E-state index contributed by atoms with van der Waals surface area (Å²) < 4.78 is 0. The van der Waals surface area contributed by atoms with E-state index in [0.717, 1.165) is 11.4 Å². The molecule has 0 bridgehead atoms. The highest BCUT2D eigenvalue weighted by Crippen LogP contribution is 2.21. The Hall–Kier alpha value is -2.29. The van der Waals surface area contributed by atoms with E-state index in [1.807, 2.05) is 60.7 Å². The average Bonchev–Trinajstić information content (AvgIpc) is 2.38. The van der Waals surface area contributed by atoms with Crippen LogP contribution in [0.25, 0.3) is 0 Å². The first-order valence-corrected chi connectivity index (χ1v) is 4.95. The summed E-state index contributed by atoms with van der Waals surface area (Å²) in [5, 5.41) is 1.67. The number of para-hydroxylation sites is 2. The molecule has 2 rings (SSSR count). The molecule has 0 saturated heterocycles. The molecule has 0 unspecified atom stereocenters. The van der Waals surface area contributed by atoms with Gasteiger partial charge in [-0.05, 0) is 24.3 Å². The van der Waals surface area contributed by atoms with Crippen molar-refractivity contribution in [1.82, 2.24) is 5.43 Å². The minimum absolute atomic E-state index is 0.886. The number of nitrogens with one attached hydrogen (secondary N) is 1. The summed E-state index contributed by atoms with van der Waals surface area (Å²) in [4.78, 5) is 10.5. The van der Waals surface area contributed by atoms with Crippen LogP contribution in [-0.4, -0.2) is 6.41 Å². The lowest BCUT2D eigenvalue weighted by Crippen LogP contribution is -2.32. The van der Waals surface area contributed by atoms with E-state index < -0.39 is 0 Å². The van der Waals surface area contributed by atoms with Gasteiger partial charge in [-0.2, -0.15) is 0 Å². The lowest BCUT2D eigenvalue weighted by molar-refractivity contribution is 0.543. The van der Waals surface area contributed by atoms with Crippen LogP contribution in [-0.2, 0) is 4.79 Å². The fourth-order valence-corrected chi connectivity index (χ4v) is 1.48. The summed E-state index contributed by atoms with van der Waals surface area (Å²) in [6, 6.07) is 19.2. The van der Waals surface area contributed by atoms with Crippen molar-refractivity contribution < 1.29 is 4.79 Å². The number of hydrogen-bond acceptors (Lipinski definition) is 2. The molecule has 0 aliphatic carbocycles. The first kappa shape index (κ1) is 10.2. The summed E-state index contributed by atoms with van der Waals surface area (Å²) in [6.07, 6.45) is 1.69. The topological polar surface area (TPSA) is 32.3 Å². The van der Waals surface area contributed by atoms with Crippen LogP contribution in [0.15, 0.2) is 60.7 Å². The first-order chi connectivity index (χ1) is 7.92. The van der Waals surface area contributed by atoms with Gasteiger partial charge in [0.05, 0.1) is 11.4 Å². The second-order valence-corrected chi connectivity index (χ2v) is 3.22. The molecular formula is C13H11N2O. The van der Waals surface area contributed by atoms with Gasteiger partial charge in [-0.25, -0.2) is 0 Å². The van der Waals surface area contributed by atoms with Gasteiger partial charge in [0.25, 0.3) is 0 Å². The summed E-state index contributed by atoms with van der Waals surface area (Å²) in [5.41, 5.74) is 4.32. The second-order valence-electron chi connectivity index (χ2n) is 3.22. The molecule has 0 aromatic heterocycles. The zero-order chi connectivity index (χ0) is 11.2. The van der Waals surface area contributed by atoms with Crippen molar-refractivity contribution in [2.75, 3.05) is 5.01 Å². The Morgan fingerprint density at radius 3 is 1.62 bits per heavy atom. The monoisotopic (exact) mass is 211 g/mol. The number of carbonyl (C=O) groups excluding carboxylic acids is 1. The molecule has 0 saturated carbocycles. The first-order valence-electron chi connectivity index (χ1n) is 4.95. The van der Waals surface area contributed by atoms with Gasteiger partial charge in [0.15, 0.2) is 0 Å². The normalized spacial score (nSPS) is 9.50. The zero-order valence-corrected chi connectivity index (χ0v) is 8.63. The average molecular weight is 211 g/mol. The largest absolute Gasteiger partial charge is 0.329 e. The highest BCUT2D eigenvalue weighted by molar-refractivity contribution is 5.66. The van der Waals surface area contributed by atoms with E-state index in [4.69, 9.17) is 0 Å². The number of nitrogens with zero attached hydrogens (tertiary/aromatic N) is 1. The van der Waals surface area contributed by atoms with Gasteiger partial charge in [0.2, 0.25) is 0 Å². The number of amides is 1. The highest BCUT2D eigenvalue weighted by Gasteiger charge is 2.06. The van der Waals surface area contributed by atoms with Crippen LogP contribution in [0, 0.1) is 0 Å². The predicted molar refractivity (Wildman–Crippen MR) is 63.9 cm³/mol. The fraction of sp³-hybridized carbons (Fsp3) is 0. The van der Waals surface area contributed by atoms with Gasteiger partial charge in [0, 0.05) is 0 Å². The quantitative estimate of drug-likeness (QED) is 0.622. The van der Waals surface area contributed by atoms with Crippen molar-refractivity contribution >= 4 is 17.8 Å². The molecule has 1 amide bonds.